The van der Waals surface area contributed by atoms with Gasteiger partial charge in [-0.2, -0.15) is 0 Å². The van der Waals surface area contributed by atoms with Gasteiger partial charge in [-0.3, -0.25) is 14.2 Å². The molecule has 0 unspecified atom stereocenters. The number of aryl methyl sites for hydroxylation is 1. The molecule has 2 heterocycles. The number of halogens is 1. The third kappa shape index (κ3) is 6.43. The number of pyridine rings is 1. The summed E-state index contributed by atoms with van der Waals surface area (Å²) in [6, 6.07) is 11.1. The fraction of sp³-hybridized carbons (Fsp3) is 0.200. The van der Waals surface area contributed by atoms with Crippen molar-refractivity contribution in [1.82, 2.24) is 19.9 Å². The highest BCUT2D eigenvalue weighted by Gasteiger charge is 2.08. The average molecular weight is 474 g/mol. The molecular formula is C20H20BrN5O2S. The second kappa shape index (κ2) is 10.2. The van der Waals surface area contributed by atoms with Gasteiger partial charge in [0, 0.05) is 35.3 Å². The highest BCUT2D eigenvalue weighted by Crippen LogP contribution is 2.16. The van der Waals surface area contributed by atoms with Gasteiger partial charge < -0.3 is 10.6 Å². The molecule has 3 aromatic rings. The van der Waals surface area contributed by atoms with Crippen LogP contribution in [0.1, 0.15) is 11.4 Å². The molecule has 0 fully saturated rings. The lowest BCUT2D eigenvalue weighted by Gasteiger charge is -2.08. The molecule has 3 rings (SSSR count). The molecule has 29 heavy (non-hydrogen) atoms. The topological polar surface area (TPSA) is 88.9 Å². The van der Waals surface area contributed by atoms with Crippen molar-refractivity contribution in [3.8, 4) is 5.82 Å². The number of nitrogens with zero attached hydrogens (tertiary/aromatic N) is 3. The number of thioether (sulfide) groups is 1. The summed E-state index contributed by atoms with van der Waals surface area (Å²) in [5.74, 6) is 1.75. The molecule has 2 N–H and O–H groups in total. The maximum absolute atomic E-state index is 12.1. The first-order valence-electron chi connectivity index (χ1n) is 8.86. The Balaban J connectivity index is 1.41. The van der Waals surface area contributed by atoms with Crippen LogP contribution in [0.3, 0.4) is 0 Å². The Bertz CT molecular complexity index is 1010. The Hall–Kier alpha value is -2.65. The van der Waals surface area contributed by atoms with Crippen molar-refractivity contribution in [3.05, 3.63) is 70.8 Å². The molecule has 2 amide bonds. The lowest BCUT2D eigenvalue weighted by atomic mass is 10.2. The SMILES string of the molecule is Cc1nccn1-c1cc(CNC(=O)CSCC(=O)Nc2cccc(Br)c2)ccn1. The van der Waals surface area contributed by atoms with Crippen LogP contribution in [-0.2, 0) is 16.1 Å². The zero-order valence-electron chi connectivity index (χ0n) is 15.8. The van der Waals surface area contributed by atoms with Gasteiger partial charge in [0.05, 0.1) is 11.5 Å². The Morgan fingerprint density at radius 1 is 1.10 bits per heavy atom. The molecule has 0 aliphatic rings. The number of hydrogen-bond donors (Lipinski definition) is 2. The number of carbonyl (C=O) groups excluding carboxylic acids is 2. The molecule has 0 atom stereocenters. The van der Waals surface area contributed by atoms with Crippen molar-refractivity contribution >= 4 is 45.2 Å². The van der Waals surface area contributed by atoms with Gasteiger partial charge in [-0.15, -0.1) is 11.8 Å². The second-order valence-electron chi connectivity index (χ2n) is 6.19. The maximum Gasteiger partial charge on any atom is 0.234 e. The number of rotatable bonds is 8. The first-order chi connectivity index (χ1) is 14.0. The number of carbonyl (C=O) groups is 2. The summed E-state index contributed by atoms with van der Waals surface area (Å²) in [6.07, 6.45) is 5.27. The molecule has 0 aliphatic heterocycles. The van der Waals surface area contributed by atoms with E-state index in [0.717, 1.165) is 27.4 Å². The van der Waals surface area contributed by atoms with Crippen LogP contribution < -0.4 is 10.6 Å². The van der Waals surface area contributed by atoms with Crippen molar-refractivity contribution in [3.63, 3.8) is 0 Å². The molecule has 0 spiro atoms. The van der Waals surface area contributed by atoms with Crippen LogP contribution in [0.5, 0.6) is 0 Å². The van der Waals surface area contributed by atoms with E-state index in [-0.39, 0.29) is 23.3 Å². The molecule has 0 aliphatic carbocycles. The number of nitrogens with one attached hydrogen (secondary N) is 2. The van der Waals surface area contributed by atoms with E-state index in [1.54, 1.807) is 12.4 Å². The van der Waals surface area contributed by atoms with Crippen LogP contribution in [0.25, 0.3) is 5.82 Å². The molecule has 0 saturated heterocycles. The maximum atomic E-state index is 12.1. The van der Waals surface area contributed by atoms with Gasteiger partial charge in [-0.25, -0.2) is 9.97 Å². The van der Waals surface area contributed by atoms with Crippen LogP contribution in [0.4, 0.5) is 5.69 Å². The van der Waals surface area contributed by atoms with Gasteiger partial charge in [0.1, 0.15) is 11.6 Å². The largest absolute Gasteiger partial charge is 0.351 e. The van der Waals surface area contributed by atoms with Crippen molar-refractivity contribution in [2.24, 2.45) is 0 Å². The van der Waals surface area contributed by atoms with Gasteiger partial charge >= 0.3 is 0 Å². The number of anilines is 1. The number of imidazole rings is 1. The fourth-order valence-electron chi connectivity index (χ4n) is 2.57. The summed E-state index contributed by atoms with van der Waals surface area (Å²) in [5, 5.41) is 5.67. The summed E-state index contributed by atoms with van der Waals surface area (Å²) in [4.78, 5) is 32.6. The van der Waals surface area contributed by atoms with E-state index in [2.05, 4.69) is 36.5 Å². The highest BCUT2D eigenvalue weighted by atomic mass is 79.9. The normalized spacial score (nSPS) is 10.6. The summed E-state index contributed by atoms with van der Waals surface area (Å²) in [5.41, 5.74) is 1.66. The molecular weight excluding hydrogens is 454 g/mol. The van der Waals surface area contributed by atoms with E-state index >= 15 is 0 Å². The van der Waals surface area contributed by atoms with Crippen molar-refractivity contribution in [1.29, 1.82) is 0 Å². The summed E-state index contributed by atoms with van der Waals surface area (Å²) in [6.45, 7) is 2.30. The highest BCUT2D eigenvalue weighted by molar-refractivity contribution is 9.10. The standard InChI is InChI=1S/C20H20BrN5O2S/c1-14-22-7-8-26(14)18-9-15(5-6-23-18)11-24-19(27)12-29-13-20(28)25-17-4-2-3-16(21)10-17/h2-10H,11-13H2,1H3,(H,24,27)(H,25,28). The quantitative estimate of drug-likeness (QED) is 0.523. The predicted molar refractivity (Wildman–Crippen MR) is 118 cm³/mol. The Morgan fingerprint density at radius 3 is 2.69 bits per heavy atom. The summed E-state index contributed by atoms with van der Waals surface area (Å²) in [7, 11) is 0. The average Bonchev–Trinajstić information content (AvgIpc) is 3.12. The van der Waals surface area contributed by atoms with Crippen molar-refractivity contribution < 1.29 is 9.59 Å². The van der Waals surface area contributed by atoms with E-state index < -0.39 is 0 Å². The molecule has 7 nitrogen and oxygen atoms in total. The van der Waals surface area contributed by atoms with Crippen LogP contribution in [0, 0.1) is 6.92 Å². The van der Waals surface area contributed by atoms with Gasteiger partial charge in [-0.05, 0) is 42.8 Å². The third-order valence-corrected chi connectivity index (χ3v) is 5.37. The lowest BCUT2D eigenvalue weighted by molar-refractivity contribution is -0.118. The number of amides is 2. The lowest BCUT2D eigenvalue weighted by Crippen LogP contribution is -2.25. The van der Waals surface area contributed by atoms with Crippen LogP contribution >= 0.6 is 27.7 Å². The van der Waals surface area contributed by atoms with Gasteiger partial charge in [0.2, 0.25) is 11.8 Å². The molecule has 0 saturated carbocycles. The van der Waals surface area contributed by atoms with E-state index in [1.165, 1.54) is 11.8 Å². The van der Waals surface area contributed by atoms with Crippen LogP contribution in [0.15, 0.2) is 59.5 Å². The summed E-state index contributed by atoms with van der Waals surface area (Å²) < 4.78 is 2.77. The minimum atomic E-state index is -0.143. The van der Waals surface area contributed by atoms with Crippen LogP contribution in [-0.4, -0.2) is 37.9 Å². The van der Waals surface area contributed by atoms with E-state index in [4.69, 9.17) is 0 Å². The number of aromatic nitrogens is 3. The molecule has 0 radical (unpaired) electrons. The number of benzene rings is 1. The van der Waals surface area contributed by atoms with Gasteiger partial charge in [0.25, 0.3) is 0 Å². The van der Waals surface area contributed by atoms with Crippen LogP contribution in [0.2, 0.25) is 0 Å². The predicted octanol–water partition coefficient (Wildman–Crippen LogP) is 3.33. The van der Waals surface area contributed by atoms with E-state index in [9.17, 15) is 9.59 Å². The monoisotopic (exact) mass is 473 g/mol. The molecule has 2 aromatic heterocycles. The smallest absolute Gasteiger partial charge is 0.234 e. The molecule has 0 bridgehead atoms. The molecule has 9 heteroatoms. The van der Waals surface area contributed by atoms with Gasteiger partial charge in [-0.1, -0.05) is 22.0 Å². The van der Waals surface area contributed by atoms with Crippen molar-refractivity contribution in [2.75, 3.05) is 16.8 Å². The second-order valence-corrected chi connectivity index (χ2v) is 8.10. The summed E-state index contributed by atoms with van der Waals surface area (Å²) >= 11 is 4.63. The Morgan fingerprint density at radius 2 is 1.93 bits per heavy atom. The minimum Gasteiger partial charge on any atom is -0.351 e. The zero-order valence-corrected chi connectivity index (χ0v) is 18.2. The van der Waals surface area contributed by atoms with E-state index in [0.29, 0.717) is 6.54 Å². The Labute approximate surface area is 181 Å². The molecule has 150 valence electrons. The minimum absolute atomic E-state index is 0.123. The van der Waals surface area contributed by atoms with Crippen molar-refractivity contribution in [2.45, 2.75) is 13.5 Å². The number of hydrogen-bond acceptors (Lipinski definition) is 5. The fourth-order valence-corrected chi connectivity index (χ4v) is 3.62. The zero-order chi connectivity index (χ0) is 20.6. The van der Waals surface area contributed by atoms with E-state index in [1.807, 2.05) is 54.1 Å². The third-order valence-electron chi connectivity index (χ3n) is 3.95. The first kappa shape index (κ1) is 21.1. The molecule has 1 aromatic carbocycles. The van der Waals surface area contributed by atoms with Gasteiger partial charge in [0.15, 0.2) is 0 Å². The Kier molecular flexibility index (Phi) is 7.42. The first-order valence-corrected chi connectivity index (χ1v) is 10.8.